The van der Waals surface area contributed by atoms with E-state index in [1.807, 2.05) is 10.9 Å². The summed E-state index contributed by atoms with van der Waals surface area (Å²) in [5.41, 5.74) is 3.91. The lowest BCUT2D eigenvalue weighted by molar-refractivity contribution is 0.0540. The molecule has 1 heterocycles. The van der Waals surface area contributed by atoms with Crippen molar-refractivity contribution in [2.45, 2.75) is 43.6 Å². The van der Waals surface area contributed by atoms with E-state index in [0.717, 1.165) is 36.2 Å². The van der Waals surface area contributed by atoms with Gasteiger partial charge in [0.2, 0.25) is 0 Å². The molecule has 1 N–H and O–H groups in total. The van der Waals surface area contributed by atoms with Crippen molar-refractivity contribution in [2.24, 2.45) is 11.3 Å². The molecule has 0 bridgehead atoms. The van der Waals surface area contributed by atoms with Gasteiger partial charge in [0.25, 0.3) is 0 Å². The second-order valence-corrected chi connectivity index (χ2v) is 11.4. The van der Waals surface area contributed by atoms with Gasteiger partial charge < -0.3 is 5.11 Å². The van der Waals surface area contributed by atoms with E-state index in [1.54, 1.807) is 42.5 Å². The van der Waals surface area contributed by atoms with Crippen molar-refractivity contribution in [1.82, 2.24) is 9.78 Å². The molecule has 2 aliphatic rings. The smallest absolute Gasteiger partial charge is 0.178 e. The number of hydrogen-bond donors (Lipinski definition) is 1. The van der Waals surface area contributed by atoms with Gasteiger partial charge in [-0.15, -0.1) is 0 Å². The molecule has 0 radical (unpaired) electrons. The summed E-state index contributed by atoms with van der Waals surface area (Å²) in [7, 11) is -3.43. The van der Waals surface area contributed by atoms with Crippen LogP contribution in [0.15, 0.2) is 71.3 Å². The number of rotatable bonds is 6. The first kappa shape index (κ1) is 22.0. The first-order chi connectivity index (χ1) is 15.8. The van der Waals surface area contributed by atoms with E-state index in [9.17, 15) is 17.9 Å². The Bertz CT molecular complexity index is 1300. The third kappa shape index (κ3) is 3.93. The van der Waals surface area contributed by atoms with Crippen LogP contribution in [0.1, 0.15) is 37.4 Å². The molecule has 5 rings (SSSR count). The lowest BCUT2D eigenvalue weighted by atomic mass is 9.68. The third-order valence-electron chi connectivity index (χ3n) is 7.35. The van der Waals surface area contributed by atoms with Crippen molar-refractivity contribution >= 4 is 15.9 Å². The molecule has 0 aliphatic heterocycles. The molecule has 3 aromatic rings. The zero-order chi connectivity index (χ0) is 23.2. The summed E-state index contributed by atoms with van der Waals surface area (Å²) in [4.78, 5) is 0.297. The highest BCUT2D eigenvalue weighted by atomic mass is 32.2. The molecule has 2 aliphatic carbocycles. The van der Waals surface area contributed by atoms with Crippen LogP contribution in [0, 0.1) is 17.2 Å². The molecule has 0 amide bonds. The van der Waals surface area contributed by atoms with E-state index < -0.39 is 15.9 Å². The maximum absolute atomic E-state index is 13.3. The lowest BCUT2D eigenvalue weighted by Gasteiger charge is -2.38. The Hall–Kier alpha value is -2.77. The Labute approximate surface area is 193 Å². The zero-order valence-electron chi connectivity index (χ0n) is 18.5. The maximum Gasteiger partial charge on any atom is 0.178 e. The van der Waals surface area contributed by atoms with Crippen LogP contribution in [0.3, 0.4) is 0 Å². The van der Waals surface area contributed by atoms with Crippen LogP contribution in [0.5, 0.6) is 0 Å². The van der Waals surface area contributed by atoms with Crippen LogP contribution >= 0.6 is 0 Å². The highest BCUT2D eigenvalue weighted by Crippen LogP contribution is 2.54. The van der Waals surface area contributed by atoms with Crippen LogP contribution in [0.4, 0.5) is 4.39 Å². The van der Waals surface area contributed by atoms with E-state index in [4.69, 9.17) is 0 Å². The Kier molecular flexibility index (Phi) is 5.49. The largest absolute Gasteiger partial charge is 0.393 e. The van der Waals surface area contributed by atoms with Gasteiger partial charge in [-0.3, -0.25) is 0 Å². The predicted molar refractivity (Wildman–Crippen MR) is 125 cm³/mol. The van der Waals surface area contributed by atoms with Gasteiger partial charge in [-0.05, 0) is 85.1 Å². The fraction of sp³-hybridized carbons (Fsp3) is 0.346. The van der Waals surface area contributed by atoms with Gasteiger partial charge in [-0.25, -0.2) is 17.5 Å². The van der Waals surface area contributed by atoms with Crippen LogP contribution in [-0.4, -0.2) is 35.2 Å². The molecule has 3 atom stereocenters. The van der Waals surface area contributed by atoms with Crippen LogP contribution in [0.2, 0.25) is 0 Å². The molecule has 172 valence electrons. The maximum atomic E-state index is 13.3. The second-order valence-electron chi connectivity index (χ2n) is 9.34. The molecule has 0 unspecified atom stereocenters. The van der Waals surface area contributed by atoms with Crippen molar-refractivity contribution in [3.8, 4) is 5.69 Å². The van der Waals surface area contributed by atoms with Gasteiger partial charge in [0, 0.05) is 0 Å². The minimum atomic E-state index is -3.43. The van der Waals surface area contributed by atoms with Crippen molar-refractivity contribution in [3.05, 3.63) is 83.4 Å². The molecule has 33 heavy (non-hydrogen) atoms. The van der Waals surface area contributed by atoms with Gasteiger partial charge >= 0.3 is 0 Å². The molecule has 2 aromatic carbocycles. The molecule has 1 saturated carbocycles. The highest BCUT2D eigenvalue weighted by Gasteiger charge is 2.48. The fourth-order valence-electron chi connectivity index (χ4n) is 5.51. The van der Waals surface area contributed by atoms with Crippen LogP contribution < -0.4 is 0 Å². The summed E-state index contributed by atoms with van der Waals surface area (Å²) in [6, 6.07) is 14.7. The van der Waals surface area contributed by atoms with Gasteiger partial charge in [0.05, 0.1) is 34.3 Å². The van der Waals surface area contributed by atoms with E-state index >= 15 is 0 Å². The van der Waals surface area contributed by atoms with Crippen molar-refractivity contribution in [3.63, 3.8) is 0 Å². The van der Waals surface area contributed by atoms with Gasteiger partial charge in [0.15, 0.2) is 9.84 Å². The number of hydrogen-bond acceptors (Lipinski definition) is 4. The van der Waals surface area contributed by atoms with E-state index in [2.05, 4.69) is 18.1 Å². The number of halogens is 1. The molecule has 1 fully saturated rings. The Morgan fingerprint density at radius 2 is 1.91 bits per heavy atom. The second kappa shape index (κ2) is 8.22. The normalized spacial score (nSPS) is 23.0. The number of sulfone groups is 1. The van der Waals surface area contributed by atoms with Gasteiger partial charge in [-0.2, -0.15) is 5.10 Å². The fourth-order valence-corrected chi connectivity index (χ4v) is 6.86. The molecule has 7 heteroatoms. The summed E-state index contributed by atoms with van der Waals surface area (Å²) in [6.07, 6.45) is 5.94. The van der Waals surface area contributed by atoms with Crippen molar-refractivity contribution in [1.29, 1.82) is 0 Å². The number of aliphatic hydroxyl groups excluding tert-OH is 1. The molecular formula is C26H27FN2O3S. The van der Waals surface area contributed by atoms with Crippen molar-refractivity contribution in [2.75, 3.05) is 5.75 Å². The van der Waals surface area contributed by atoms with Crippen LogP contribution in [0.25, 0.3) is 11.8 Å². The first-order valence-electron chi connectivity index (χ1n) is 11.3. The van der Waals surface area contributed by atoms with E-state index in [0.29, 0.717) is 4.90 Å². The number of fused-ring (bicyclic) bond motifs is 2. The minimum absolute atomic E-state index is 0.0166. The predicted octanol–water partition coefficient (Wildman–Crippen LogP) is 4.59. The summed E-state index contributed by atoms with van der Waals surface area (Å²) in [5.74, 6) is -0.373. The SMILES string of the molecule is C[C@]12Cc3cnn(-c4ccc(F)cc4)c3C=C1CC[C@@H]2[C@@H](O)CCS(=O)(=O)c1ccccc1. The number of aliphatic hydroxyl groups is 1. The number of nitrogens with zero attached hydrogens (tertiary/aromatic N) is 2. The van der Waals surface area contributed by atoms with Gasteiger partial charge in [-0.1, -0.05) is 30.7 Å². The first-order valence-corrected chi connectivity index (χ1v) is 12.9. The number of aromatic nitrogens is 2. The summed E-state index contributed by atoms with van der Waals surface area (Å²) in [6.45, 7) is 2.17. The number of allylic oxidation sites excluding steroid dienone is 1. The molecule has 0 spiro atoms. The standard InChI is InChI=1S/C26H27FN2O3S/c1-26-16-18-17-28-29(21-10-8-20(27)9-11-21)24(18)15-19(26)7-12-23(26)25(30)13-14-33(31,32)22-5-3-2-4-6-22/h2-6,8-11,15,17,23,25,30H,7,12-14,16H2,1H3/t23-,25+,26+/m1/s1. The lowest BCUT2D eigenvalue weighted by Crippen LogP contribution is -2.37. The Morgan fingerprint density at radius 1 is 1.18 bits per heavy atom. The molecule has 5 nitrogen and oxygen atoms in total. The third-order valence-corrected chi connectivity index (χ3v) is 9.12. The zero-order valence-corrected chi connectivity index (χ0v) is 19.3. The Morgan fingerprint density at radius 3 is 2.64 bits per heavy atom. The summed E-state index contributed by atoms with van der Waals surface area (Å²) in [5, 5.41) is 15.6. The summed E-state index contributed by atoms with van der Waals surface area (Å²) >= 11 is 0. The van der Waals surface area contributed by atoms with E-state index in [-0.39, 0.29) is 29.3 Å². The average Bonchev–Trinajstić information content (AvgIpc) is 3.36. The van der Waals surface area contributed by atoms with E-state index in [1.165, 1.54) is 17.7 Å². The molecule has 1 aromatic heterocycles. The minimum Gasteiger partial charge on any atom is -0.393 e. The van der Waals surface area contributed by atoms with Gasteiger partial charge in [0.1, 0.15) is 5.82 Å². The quantitative estimate of drug-likeness (QED) is 0.577. The monoisotopic (exact) mass is 466 g/mol. The Balaban J connectivity index is 1.35. The van der Waals surface area contributed by atoms with Crippen LogP contribution in [-0.2, 0) is 16.3 Å². The van der Waals surface area contributed by atoms with Crippen molar-refractivity contribution < 1.29 is 17.9 Å². The average molecular weight is 467 g/mol. The number of benzene rings is 2. The highest BCUT2D eigenvalue weighted by molar-refractivity contribution is 7.91. The summed E-state index contributed by atoms with van der Waals surface area (Å²) < 4.78 is 40.5. The molecular weight excluding hydrogens is 439 g/mol. The topological polar surface area (TPSA) is 72.2 Å². The molecule has 0 saturated heterocycles.